The Morgan fingerprint density at radius 2 is 1.71 bits per heavy atom. The summed E-state index contributed by atoms with van der Waals surface area (Å²) in [5.41, 5.74) is 9.40. The van der Waals surface area contributed by atoms with Crippen molar-refractivity contribution < 1.29 is 41.9 Å². The first-order valence-corrected chi connectivity index (χ1v) is 18.2. The van der Waals surface area contributed by atoms with E-state index in [1.54, 1.807) is 55.6 Å². The van der Waals surface area contributed by atoms with E-state index in [1.165, 1.54) is 4.90 Å². The average Bonchev–Trinajstić information content (AvgIpc) is 3.45. The molecule has 0 unspecified atom stereocenters. The Balaban J connectivity index is 0.00000112. The number of aliphatic imine (C=N–C) groups is 1. The molecule has 0 saturated carbocycles. The molecule has 0 aliphatic carbocycles. The number of imidazole rings is 1. The number of pyridine rings is 1. The van der Waals surface area contributed by atoms with Crippen molar-refractivity contribution in [1.29, 1.82) is 0 Å². The summed E-state index contributed by atoms with van der Waals surface area (Å²) in [4.78, 5) is 52.0. The van der Waals surface area contributed by atoms with Crippen molar-refractivity contribution in [2.45, 2.75) is 52.5 Å². The van der Waals surface area contributed by atoms with Gasteiger partial charge < -0.3 is 30.2 Å². The van der Waals surface area contributed by atoms with E-state index in [0.717, 1.165) is 42.7 Å². The second-order valence-corrected chi connectivity index (χ2v) is 12.7. The molecular weight excluding hydrogens is 694 g/mol. The molecule has 2 amide bonds. The highest BCUT2D eigenvalue weighted by molar-refractivity contribution is 7.85. The number of nitrogens with zero attached hydrogens (tertiary/aromatic N) is 5. The van der Waals surface area contributed by atoms with Gasteiger partial charge in [0.15, 0.2) is 5.94 Å². The normalized spacial score (nSPS) is 11.4. The molecule has 0 bridgehead atoms. The molecule has 0 aliphatic heterocycles. The Labute approximate surface area is 302 Å². The number of aryl methyl sites for hydroxylation is 1. The standard InChI is InChI=1S/C34H41N7O5.CH4O4S/c1-4-6-7-10-21-46-34(44)39-32(35)24-12-15-26(16-13-24)37-23-30-38-27-22-25(14-17-28(27)40(30)3)33(43)41(20-18-31(42)45-5-2)29-11-8-9-19-36-29;2-1-6(3,4)5/h8-9,11-17,19,22,37H,4-7,10,18,20-21,23H2,1-3H3,(H2,35,39,44);2H,1H2,(H,3,4,5). The van der Waals surface area contributed by atoms with Gasteiger partial charge in [-0.05, 0) is 67.9 Å². The van der Waals surface area contributed by atoms with Crippen molar-refractivity contribution >= 4 is 56.5 Å². The molecule has 52 heavy (non-hydrogen) atoms. The minimum atomic E-state index is -4.11. The van der Waals surface area contributed by atoms with Crippen LogP contribution in [-0.4, -0.2) is 82.1 Å². The summed E-state index contributed by atoms with van der Waals surface area (Å²) in [5, 5.41) is 10.9. The van der Waals surface area contributed by atoms with Crippen molar-refractivity contribution in [3.63, 3.8) is 0 Å². The highest BCUT2D eigenvalue weighted by Gasteiger charge is 2.21. The van der Waals surface area contributed by atoms with Crippen molar-refractivity contribution in [3.05, 3.63) is 83.8 Å². The first-order chi connectivity index (χ1) is 24.9. The smallest absolute Gasteiger partial charge is 0.435 e. The third kappa shape index (κ3) is 13.1. The second kappa shape index (κ2) is 20.5. The van der Waals surface area contributed by atoms with E-state index in [0.29, 0.717) is 35.6 Å². The molecule has 0 saturated heterocycles. The van der Waals surface area contributed by atoms with Gasteiger partial charge in [0.25, 0.3) is 16.0 Å². The Kier molecular flexibility index (Phi) is 16.1. The zero-order chi connectivity index (χ0) is 38.1. The lowest BCUT2D eigenvalue weighted by atomic mass is 10.1. The number of benzene rings is 2. The lowest BCUT2D eigenvalue weighted by molar-refractivity contribution is -0.142. The molecule has 2 heterocycles. The monoisotopic (exact) mass is 739 g/mol. The molecule has 5 N–H and O–H groups in total. The average molecular weight is 740 g/mol. The maximum absolute atomic E-state index is 13.6. The first-order valence-electron chi connectivity index (χ1n) is 16.6. The van der Waals surface area contributed by atoms with Gasteiger partial charge in [-0.15, -0.1) is 0 Å². The third-order valence-corrected chi connectivity index (χ3v) is 7.79. The van der Waals surface area contributed by atoms with Crippen LogP contribution in [0.25, 0.3) is 11.0 Å². The maximum atomic E-state index is 13.6. The number of esters is 1. The Morgan fingerprint density at radius 3 is 2.35 bits per heavy atom. The molecule has 2 aromatic heterocycles. The van der Waals surface area contributed by atoms with Gasteiger partial charge in [-0.25, -0.2) is 14.8 Å². The SMILES string of the molecule is CCCCCCOC(=O)/N=C(/N)c1ccc(NCc2nc3cc(C(=O)N(CCC(=O)OCC)c4ccccn4)ccc3n2C)cc1.O=S(=O)(O)CO. The number of carbonyl (C=O) groups excluding carboxylic acids is 3. The molecule has 280 valence electrons. The van der Waals surface area contributed by atoms with Gasteiger partial charge in [-0.3, -0.25) is 19.0 Å². The minimum Gasteiger partial charge on any atom is -0.466 e. The number of fused-ring (bicyclic) bond motifs is 1. The van der Waals surface area contributed by atoms with Gasteiger partial charge >= 0.3 is 12.1 Å². The highest BCUT2D eigenvalue weighted by atomic mass is 32.2. The summed E-state index contributed by atoms with van der Waals surface area (Å²) >= 11 is 0. The number of ether oxygens (including phenoxy) is 2. The Morgan fingerprint density at radius 1 is 1.00 bits per heavy atom. The number of nitrogens with two attached hydrogens (primary N) is 1. The number of unbranched alkanes of at least 4 members (excludes halogenated alkanes) is 3. The summed E-state index contributed by atoms with van der Waals surface area (Å²) < 4.78 is 38.3. The number of amides is 2. The van der Waals surface area contributed by atoms with Gasteiger partial charge in [0, 0.05) is 36.6 Å². The molecule has 0 radical (unpaired) electrons. The molecule has 4 rings (SSSR count). The topological polar surface area (TPSA) is 229 Å². The number of nitrogens with one attached hydrogen (secondary N) is 1. The van der Waals surface area contributed by atoms with Crippen molar-refractivity contribution in [2.75, 3.05) is 35.9 Å². The van der Waals surface area contributed by atoms with Crippen LogP contribution in [0.5, 0.6) is 0 Å². The first kappa shape index (κ1) is 41.0. The minimum absolute atomic E-state index is 0.0455. The van der Waals surface area contributed by atoms with Crippen LogP contribution < -0.4 is 16.0 Å². The molecular formula is C35H45N7O9S. The van der Waals surface area contributed by atoms with Gasteiger partial charge in [0.2, 0.25) is 0 Å². The number of anilines is 2. The van der Waals surface area contributed by atoms with Crippen molar-refractivity contribution in [3.8, 4) is 0 Å². The van der Waals surface area contributed by atoms with E-state index >= 15 is 0 Å². The van der Waals surface area contributed by atoms with E-state index in [-0.39, 0.29) is 37.3 Å². The molecule has 16 nitrogen and oxygen atoms in total. The van der Waals surface area contributed by atoms with E-state index in [9.17, 15) is 22.8 Å². The number of rotatable bonds is 16. The van der Waals surface area contributed by atoms with E-state index in [4.69, 9.17) is 29.9 Å². The predicted octanol–water partition coefficient (Wildman–Crippen LogP) is 4.43. The molecule has 0 fully saturated rings. The fraction of sp³-hybridized carbons (Fsp3) is 0.371. The summed E-state index contributed by atoms with van der Waals surface area (Å²) in [7, 11) is -2.19. The molecule has 17 heteroatoms. The number of amidine groups is 1. The quantitative estimate of drug-likeness (QED) is 0.0410. The number of hydrogen-bond donors (Lipinski definition) is 4. The zero-order valence-electron chi connectivity index (χ0n) is 29.4. The predicted molar refractivity (Wildman–Crippen MR) is 196 cm³/mol. The largest absolute Gasteiger partial charge is 0.466 e. The summed E-state index contributed by atoms with van der Waals surface area (Å²) in [6.07, 6.45) is 4.99. The summed E-state index contributed by atoms with van der Waals surface area (Å²) in [6.45, 7) is 5.02. The second-order valence-electron chi connectivity index (χ2n) is 11.3. The van der Waals surface area contributed by atoms with Gasteiger partial charge in [0.1, 0.15) is 17.5 Å². The van der Waals surface area contributed by atoms with Crippen LogP contribution in [0.15, 0.2) is 71.9 Å². The van der Waals surface area contributed by atoms with Crippen LogP contribution in [0.3, 0.4) is 0 Å². The van der Waals surface area contributed by atoms with Gasteiger partial charge in [0.05, 0.1) is 37.2 Å². The fourth-order valence-electron chi connectivity index (χ4n) is 4.79. The van der Waals surface area contributed by atoms with E-state index < -0.39 is 22.2 Å². The van der Waals surface area contributed by atoms with Crippen LogP contribution in [0, 0.1) is 0 Å². The number of hydrogen-bond acceptors (Lipinski definition) is 11. The number of carbonyl (C=O) groups is 3. The Bertz CT molecular complexity index is 1920. The summed E-state index contributed by atoms with van der Waals surface area (Å²) in [6, 6.07) is 17.9. The number of aliphatic hydroxyl groups is 1. The molecule has 2 aromatic carbocycles. The van der Waals surface area contributed by atoms with Crippen LogP contribution in [0.1, 0.15) is 67.7 Å². The van der Waals surface area contributed by atoms with Crippen LogP contribution in [0.2, 0.25) is 0 Å². The molecule has 0 spiro atoms. The number of aliphatic hydroxyl groups excluding tert-OH is 1. The van der Waals surface area contributed by atoms with Crippen LogP contribution in [-0.2, 0) is 38.0 Å². The van der Waals surface area contributed by atoms with Gasteiger partial charge in [-0.2, -0.15) is 13.4 Å². The van der Waals surface area contributed by atoms with Crippen molar-refractivity contribution in [2.24, 2.45) is 17.8 Å². The lowest BCUT2D eigenvalue weighted by Gasteiger charge is -2.21. The van der Waals surface area contributed by atoms with Crippen molar-refractivity contribution in [1.82, 2.24) is 14.5 Å². The van der Waals surface area contributed by atoms with E-state index in [2.05, 4.69) is 22.2 Å². The van der Waals surface area contributed by atoms with Crippen LogP contribution >= 0.6 is 0 Å². The molecule has 0 atom stereocenters. The van der Waals surface area contributed by atoms with E-state index in [1.807, 2.05) is 29.8 Å². The van der Waals surface area contributed by atoms with Gasteiger partial charge in [-0.1, -0.05) is 32.3 Å². The molecule has 4 aromatic rings. The molecule has 0 aliphatic rings. The fourth-order valence-corrected chi connectivity index (χ4v) is 4.79. The Hall–Kier alpha value is -5.39. The summed E-state index contributed by atoms with van der Waals surface area (Å²) in [5.74, 6) is -0.581. The third-order valence-electron chi connectivity index (χ3n) is 7.47. The highest BCUT2D eigenvalue weighted by Crippen LogP contribution is 2.21. The van der Waals surface area contributed by atoms with Crippen LogP contribution in [0.4, 0.5) is 16.3 Å². The maximum Gasteiger partial charge on any atom is 0.435 e. The zero-order valence-corrected chi connectivity index (χ0v) is 30.2. The number of aromatic nitrogens is 3. The lowest BCUT2D eigenvalue weighted by Crippen LogP contribution is -2.34.